The van der Waals surface area contributed by atoms with Gasteiger partial charge in [-0.3, -0.25) is 14.3 Å². The summed E-state index contributed by atoms with van der Waals surface area (Å²) in [5.74, 6) is 0.396. The van der Waals surface area contributed by atoms with E-state index in [9.17, 15) is 14.3 Å². The minimum Gasteiger partial charge on any atom is -0.493 e. The Kier molecular flexibility index (Phi) is 4.44. The Morgan fingerprint density at radius 2 is 1.94 bits per heavy atom. The number of carboxylic acid groups (broad SMARTS) is 1. The number of ether oxygens (including phenoxy) is 2. The van der Waals surface area contributed by atoms with Crippen LogP contribution in [0.5, 0.6) is 11.5 Å². The van der Waals surface area contributed by atoms with E-state index in [0.717, 1.165) is 27.3 Å². The number of fused-ring (bicyclic) bond motifs is 3. The highest BCUT2D eigenvalue weighted by Crippen LogP contribution is 2.43. The van der Waals surface area contributed by atoms with Crippen LogP contribution in [0.1, 0.15) is 28.3 Å². The molecule has 2 aliphatic rings. The van der Waals surface area contributed by atoms with Gasteiger partial charge in [0.2, 0.25) is 0 Å². The number of hydrogen-bond acceptors (Lipinski definition) is 6. The molecule has 1 N–H and O–H groups in total. The van der Waals surface area contributed by atoms with Gasteiger partial charge in [-0.15, -0.1) is 10.2 Å². The van der Waals surface area contributed by atoms with Crippen LogP contribution in [0.2, 0.25) is 0 Å². The fourth-order valence-corrected chi connectivity index (χ4v) is 4.78. The van der Waals surface area contributed by atoms with Gasteiger partial charge in [0.25, 0.3) is 0 Å². The van der Waals surface area contributed by atoms with Crippen molar-refractivity contribution in [3.63, 3.8) is 0 Å². The van der Waals surface area contributed by atoms with E-state index < -0.39 is 11.9 Å². The first-order valence-corrected chi connectivity index (χ1v) is 10.8. The molecule has 3 aromatic heterocycles. The number of anilines is 1. The zero-order chi connectivity index (χ0) is 23.6. The average Bonchev–Trinajstić information content (AvgIpc) is 3.46. The molecule has 2 aliphatic heterocycles. The van der Waals surface area contributed by atoms with E-state index in [-0.39, 0.29) is 30.5 Å². The minimum absolute atomic E-state index is 0.200. The Bertz CT molecular complexity index is 1480. The number of carbonyl (C=O) groups is 1. The summed E-state index contributed by atoms with van der Waals surface area (Å²) in [5.41, 5.74) is 4.77. The summed E-state index contributed by atoms with van der Waals surface area (Å²) >= 11 is 0. The lowest BCUT2D eigenvalue weighted by atomic mass is 9.95. The molecular formula is C24H20FN5O4. The molecule has 1 amide bonds. The van der Waals surface area contributed by atoms with Crippen molar-refractivity contribution >= 4 is 17.6 Å². The van der Waals surface area contributed by atoms with Crippen molar-refractivity contribution in [2.75, 3.05) is 18.1 Å². The predicted octanol–water partition coefficient (Wildman–Crippen LogP) is 4.10. The van der Waals surface area contributed by atoms with Crippen molar-refractivity contribution in [3.05, 3.63) is 65.0 Å². The molecular weight excluding hydrogens is 441 g/mol. The monoisotopic (exact) mass is 461 g/mol. The van der Waals surface area contributed by atoms with Gasteiger partial charge >= 0.3 is 6.09 Å². The Labute approximate surface area is 193 Å². The number of hydrogen-bond donors (Lipinski definition) is 1. The first kappa shape index (κ1) is 20.4. The van der Waals surface area contributed by atoms with Gasteiger partial charge in [0.05, 0.1) is 25.7 Å². The molecule has 172 valence electrons. The van der Waals surface area contributed by atoms with Crippen molar-refractivity contribution in [1.29, 1.82) is 0 Å². The summed E-state index contributed by atoms with van der Waals surface area (Å²) in [4.78, 5) is 17.9. The molecule has 1 atom stereocenters. The van der Waals surface area contributed by atoms with E-state index in [1.54, 1.807) is 22.7 Å². The van der Waals surface area contributed by atoms with Crippen LogP contribution in [-0.4, -0.2) is 44.0 Å². The van der Waals surface area contributed by atoms with E-state index >= 15 is 0 Å². The normalized spacial score (nSPS) is 16.7. The number of aryl methyl sites for hydroxylation is 2. The fourth-order valence-electron chi connectivity index (χ4n) is 4.78. The molecule has 10 heteroatoms. The maximum absolute atomic E-state index is 15.0. The van der Waals surface area contributed by atoms with Crippen LogP contribution in [0.3, 0.4) is 0 Å². The molecule has 6 rings (SSSR count). The number of nitrogens with zero attached hydrogens (tertiary/aromatic N) is 5. The molecule has 5 heterocycles. The Balaban J connectivity index is 1.62. The summed E-state index contributed by atoms with van der Waals surface area (Å²) in [6.07, 6.45) is 1.97. The fraction of sp³-hybridized carbons (Fsp3) is 0.250. The summed E-state index contributed by atoms with van der Waals surface area (Å²) in [7, 11) is 0. The van der Waals surface area contributed by atoms with E-state index in [2.05, 4.69) is 15.2 Å². The first-order chi connectivity index (χ1) is 16.4. The van der Waals surface area contributed by atoms with Gasteiger partial charge in [-0.1, -0.05) is 0 Å². The maximum atomic E-state index is 15.0. The van der Waals surface area contributed by atoms with Crippen molar-refractivity contribution in [1.82, 2.24) is 19.6 Å². The molecule has 0 saturated heterocycles. The van der Waals surface area contributed by atoms with Crippen molar-refractivity contribution in [3.8, 4) is 22.6 Å². The third-order valence-electron chi connectivity index (χ3n) is 6.39. The zero-order valence-corrected chi connectivity index (χ0v) is 18.4. The Morgan fingerprint density at radius 1 is 1.15 bits per heavy atom. The van der Waals surface area contributed by atoms with Gasteiger partial charge in [-0.25, -0.2) is 9.18 Å². The molecule has 0 fully saturated rings. The number of halogens is 1. The van der Waals surface area contributed by atoms with Gasteiger partial charge in [-0.2, -0.15) is 0 Å². The van der Waals surface area contributed by atoms with Gasteiger partial charge in [0.15, 0.2) is 17.2 Å². The number of rotatable bonds is 1. The molecule has 1 aromatic carbocycles. The third-order valence-corrected chi connectivity index (χ3v) is 6.39. The molecule has 0 aliphatic carbocycles. The van der Waals surface area contributed by atoms with Gasteiger partial charge < -0.3 is 14.6 Å². The number of amides is 1. The van der Waals surface area contributed by atoms with Crippen LogP contribution in [0.4, 0.5) is 15.0 Å². The molecule has 0 bridgehead atoms. The van der Waals surface area contributed by atoms with Crippen molar-refractivity contribution in [2.24, 2.45) is 0 Å². The molecule has 0 spiro atoms. The van der Waals surface area contributed by atoms with Crippen LogP contribution >= 0.6 is 0 Å². The van der Waals surface area contributed by atoms with Crippen LogP contribution in [-0.2, 0) is 6.54 Å². The van der Waals surface area contributed by atoms with Gasteiger partial charge in [-0.05, 0) is 49.2 Å². The zero-order valence-electron chi connectivity index (χ0n) is 18.4. The summed E-state index contributed by atoms with van der Waals surface area (Å²) < 4.78 is 28.5. The number of benzene rings is 1. The van der Waals surface area contributed by atoms with Gasteiger partial charge in [0.1, 0.15) is 17.9 Å². The van der Waals surface area contributed by atoms with Crippen LogP contribution in [0.15, 0.2) is 36.8 Å². The summed E-state index contributed by atoms with van der Waals surface area (Å²) in [6, 6.07) is 6.61. The highest BCUT2D eigenvalue weighted by atomic mass is 19.1. The van der Waals surface area contributed by atoms with Crippen LogP contribution < -0.4 is 14.4 Å². The topological polar surface area (TPSA) is 102 Å². The molecule has 9 nitrogen and oxygen atoms in total. The maximum Gasteiger partial charge on any atom is 0.413 e. The second-order valence-electron chi connectivity index (χ2n) is 8.54. The van der Waals surface area contributed by atoms with E-state index in [0.29, 0.717) is 29.3 Å². The Hall–Kier alpha value is -4.21. The van der Waals surface area contributed by atoms with E-state index in [1.165, 1.54) is 12.4 Å². The quantitative estimate of drug-likeness (QED) is 0.455. The van der Waals surface area contributed by atoms with Gasteiger partial charge in [0, 0.05) is 28.6 Å². The highest BCUT2D eigenvalue weighted by Gasteiger charge is 2.35. The predicted molar refractivity (Wildman–Crippen MR) is 120 cm³/mol. The molecule has 0 saturated carbocycles. The first-order valence-electron chi connectivity index (χ1n) is 10.8. The van der Waals surface area contributed by atoms with Crippen molar-refractivity contribution in [2.45, 2.75) is 26.3 Å². The average molecular weight is 461 g/mol. The highest BCUT2D eigenvalue weighted by molar-refractivity contribution is 5.91. The standard InChI is InChI=1S/C24H20FN5O4/c1-12-7-26-13(2)5-15(12)16-6-20-23(30-11-27-28-22(16)30)29(24(31)32)8-17-18(25)3-4-19-21(17)14(9-33-19)10-34-20/h3-7,11,14H,8-10H2,1-2H3,(H,31,32)/t14-/m0/s1. The largest absolute Gasteiger partial charge is 0.493 e. The van der Waals surface area contributed by atoms with Crippen LogP contribution in [0, 0.1) is 19.7 Å². The lowest BCUT2D eigenvalue weighted by molar-refractivity contribution is 0.200. The van der Waals surface area contributed by atoms with Crippen molar-refractivity contribution < 1.29 is 23.8 Å². The minimum atomic E-state index is -1.25. The SMILES string of the molecule is Cc1cc(-c2cc3c(n4cnnc24)N(C(=O)O)Cc2c(F)ccc4c2[C@@H](CO4)CO3)c(C)cn1. The molecule has 4 aromatic rings. The third kappa shape index (κ3) is 2.98. The summed E-state index contributed by atoms with van der Waals surface area (Å²) in [5, 5.41) is 18.5. The number of aromatic nitrogens is 4. The molecule has 0 unspecified atom stereocenters. The van der Waals surface area contributed by atoms with E-state index in [4.69, 9.17) is 9.47 Å². The second-order valence-corrected chi connectivity index (χ2v) is 8.54. The lowest BCUT2D eigenvalue weighted by Crippen LogP contribution is -2.31. The van der Waals surface area contributed by atoms with E-state index in [1.807, 2.05) is 19.9 Å². The molecule has 34 heavy (non-hydrogen) atoms. The number of pyridine rings is 2. The Morgan fingerprint density at radius 3 is 2.74 bits per heavy atom. The smallest absolute Gasteiger partial charge is 0.413 e. The lowest BCUT2D eigenvalue weighted by Gasteiger charge is -2.24. The molecule has 0 radical (unpaired) electrons. The summed E-state index contributed by atoms with van der Waals surface area (Å²) in [6.45, 7) is 4.16. The second kappa shape index (κ2) is 7.41. The van der Waals surface area contributed by atoms with Crippen LogP contribution in [0.25, 0.3) is 16.8 Å².